The third kappa shape index (κ3) is 3.12. The minimum Gasteiger partial charge on any atom is -0.390 e. The molecule has 6 heteroatoms. The van der Waals surface area contributed by atoms with Gasteiger partial charge in [0.15, 0.2) is 17.5 Å². The smallest absolute Gasteiger partial charge is 0.254 e. The van der Waals surface area contributed by atoms with E-state index in [2.05, 4.69) is 0 Å². The molecule has 0 spiro atoms. The predicted molar refractivity (Wildman–Crippen MR) is 66.7 cm³/mol. The molecule has 0 radical (unpaired) electrons. The Balaban J connectivity index is 2.19. The van der Waals surface area contributed by atoms with Gasteiger partial charge in [-0.2, -0.15) is 0 Å². The van der Waals surface area contributed by atoms with Gasteiger partial charge in [-0.05, 0) is 38.3 Å². The lowest BCUT2D eigenvalue weighted by Gasteiger charge is -2.22. The fourth-order valence-electron chi connectivity index (χ4n) is 2.33. The number of carbonyl (C=O) groups is 1. The van der Waals surface area contributed by atoms with Gasteiger partial charge in [-0.3, -0.25) is 4.79 Å². The fraction of sp³-hybridized carbons (Fsp3) is 0.500. The Kier molecular flexibility index (Phi) is 4.04. The van der Waals surface area contributed by atoms with Crippen molar-refractivity contribution < 1.29 is 23.1 Å². The number of likely N-dealkylation sites (tertiary alicyclic amines) is 1. The molecule has 0 bridgehead atoms. The van der Waals surface area contributed by atoms with E-state index in [0.717, 1.165) is 0 Å². The Morgan fingerprint density at radius 2 is 1.80 bits per heavy atom. The zero-order valence-corrected chi connectivity index (χ0v) is 11.1. The molecule has 0 aliphatic carbocycles. The highest BCUT2D eigenvalue weighted by atomic mass is 19.2. The largest absolute Gasteiger partial charge is 0.390 e. The average molecular weight is 287 g/mol. The number of nitrogens with zero attached hydrogens (tertiary/aromatic N) is 1. The number of carbonyl (C=O) groups excluding carboxylic acids is 1. The van der Waals surface area contributed by atoms with Crippen LogP contribution in [0.2, 0.25) is 0 Å². The second-order valence-electron chi connectivity index (χ2n) is 5.40. The molecule has 1 aliphatic heterocycles. The molecule has 1 aromatic carbocycles. The molecule has 1 saturated heterocycles. The lowest BCUT2D eigenvalue weighted by Crippen LogP contribution is -2.33. The van der Waals surface area contributed by atoms with Gasteiger partial charge in [-0.1, -0.05) is 0 Å². The van der Waals surface area contributed by atoms with Crippen molar-refractivity contribution in [1.82, 2.24) is 4.90 Å². The predicted octanol–water partition coefficient (Wildman–Crippen LogP) is 2.48. The van der Waals surface area contributed by atoms with Crippen LogP contribution in [-0.4, -0.2) is 34.6 Å². The molecule has 20 heavy (non-hydrogen) atoms. The monoisotopic (exact) mass is 287 g/mol. The van der Waals surface area contributed by atoms with Crippen LogP contribution in [0.4, 0.5) is 13.2 Å². The van der Waals surface area contributed by atoms with Crippen LogP contribution in [-0.2, 0) is 0 Å². The van der Waals surface area contributed by atoms with Gasteiger partial charge in [0, 0.05) is 18.7 Å². The van der Waals surface area contributed by atoms with Crippen molar-refractivity contribution in [1.29, 1.82) is 0 Å². The molecule has 0 saturated carbocycles. The van der Waals surface area contributed by atoms with Gasteiger partial charge >= 0.3 is 0 Å². The zero-order valence-electron chi connectivity index (χ0n) is 11.1. The number of hydrogen-bond acceptors (Lipinski definition) is 2. The maximum atomic E-state index is 13.1. The molecule has 0 aromatic heterocycles. The summed E-state index contributed by atoms with van der Waals surface area (Å²) in [6.07, 6.45) is 1.55. The quantitative estimate of drug-likeness (QED) is 0.806. The molecular weight excluding hydrogens is 271 g/mol. The fourth-order valence-corrected chi connectivity index (χ4v) is 2.33. The second-order valence-corrected chi connectivity index (χ2v) is 5.40. The van der Waals surface area contributed by atoms with Gasteiger partial charge in [0.2, 0.25) is 0 Å². The average Bonchev–Trinajstić information content (AvgIpc) is 2.55. The third-order valence-electron chi connectivity index (χ3n) is 3.58. The summed E-state index contributed by atoms with van der Waals surface area (Å²) < 4.78 is 39.2. The molecule has 1 amide bonds. The van der Waals surface area contributed by atoms with Crippen molar-refractivity contribution >= 4 is 5.91 Å². The van der Waals surface area contributed by atoms with E-state index >= 15 is 0 Å². The summed E-state index contributed by atoms with van der Waals surface area (Å²) in [4.78, 5) is 13.6. The molecule has 1 aromatic rings. The zero-order chi connectivity index (χ0) is 14.9. The normalized spacial score (nSPS) is 23.6. The number of hydrogen-bond donors (Lipinski definition) is 1. The number of benzene rings is 1. The molecule has 1 atom stereocenters. The van der Waals surface area contributed by atoms with Crippen LogP contribution in [0.1, 0.15) is 36.5 Å². The summed E-state index contributed by atoms with van der Waals surface area (Å²) in [6, 6.07) is 1.40. The van der Waals surface area contributed by atoms with Crippen LogP contribution in [0.25, 0.3) is 0 Å². The number of rotatable bonds is 1. The van der Waals surface area contributed by atoms with Crippen molar-refractivity contribution in [2.75, 3.05) is 13.1 Å². The van der Waals surface area contributed by atoms with Crippen LogP contribution in [0, 0.1) is 17.5 Å². The SMILES string of the molecule is CC1(O)CCCN(C(=O)c2cc(F)c(F)c(F)c2)CC1. The van der Waals surface area contributed by atoms with E-state index in [0.29, 0.717) is 44.5 Å². The third-order valence-corrected chi connectivity index (χ3v) is 3.58. The number of amides is 1. The van der Waals surface area contributed by atoms with Crippen LogP contribution >= 0.6 is 0 Å². The van der Waals surface area contributed by atoms with Crippen molar-refractivity contribution in [2.45, 2.75) is 31.8 Å². The molecule has 1 fully saturated rings. The summed E-state index contributed by atoms with van der Waals surface area (Å²) in [5, 5.41) is 9.94. The summed E-state index contributed by atoms with van der Waals surface area (Å²) in [5.41, 5.74) is -1.06. The topological polar surface area (TPSA) is 40.5 Å². The van der Waals surface area contributed by atoms with Crippen molar-refractivity contribution in [2.24, 2.45) is 0 Å². The van der Waals surface area contributed by atoms with Gasteiger partial charge in [0.25, 0.3) is 5.91 Å². The first-order chi connectivity index (χ1) is 9.30. The highest BCUT2D eigenvalue weighted by Crippen LogP contribution is 2.23. The maximum Gasteiger partial charge on any atom is 0.254 e. The Labute approximate surface area is 115 Å². The summed E-state index contributed by atoms with van der Waals surface area (Å²) >= 11 is 0. The number of aliphatic hydroxyl groups is 1. The minimum absolute atomic E-state index is 0.219. The first-order valence-electron chi connectivity index (χ1n) is 6.46. The van der Waals surface area contributed by atoms with Crippen molar-refractivity contribution in [3.8, 4) is 0 Å². The minimum atomic E-state index is -1.58. The molecular formula is C14H16F3NO2. The first kappa shape index (κ1) is 14.8. The highest BCUT2D eigenvalue weighted by molar-refractivity contribution is 5.94. The van der Waals surface area contributed by atoms with Crippen LogP contribution in [0.15, 0.2) is 12.1 Å². The van der Waals surface area contributed by atoms with Crippen molar-refractivity contribution in [3.63, 3.8) is 0 Å². The van der Waals surface area contributed by atoms with Crippen LogP contribution < -0.4 is 0 Å². The van der Waals surface area contributed by atoms with Gasteiger partial charge in [0.1, 0.15) is 0 Å². The molecule has 1 N–H and O–H groups in total. The molecule has 110 valence electrons. The first-order valence-corrected chi connectivity index (χ1v) is 6.46. The Morgan fingerprint density at radius 1 is 1.20 bits per heavy atom. The van der Waals surface area contributed by atoms with E-state index in [4.69, 9.17) is 0 Å². The second kappa shape index (κ2) is 5.44. The highest BCUT2D eigenvalue weighted by Gasteiger charge is 2.28. The van der Waals surface area contributed by atoms with Gasteiger partial charge in [-0.15, -0.1) is 0 Å². The van der Waals surface area contributed by atoms with Crippen LogP contribution in [0.3, 0.4) is 0 Å². The molecule has 3 nitrogen and oxygen atoms in total. The standard InChI is InChI=1S/C14H16F3NO2/c1-14(20)3-2-5-18(6-4-14)13(19)9-7-10(15)12(17)11(16)8-9/h7-8,20H,2-6H2,1H3. The molecule has 1 aliphatic rings. The lowest BCUT2D eigenvalue weighted by atomic mass is 9.98. The van der Waals surface area contributed by atoms with Crippen LogP contribution in [0.5, 0.6) is 0 Å². The van der Waals surface area contributed by atoms with E-state index in [1.165, 1.54) is 4.90 Å². The van der Waals surface area contributed by atoms with E-state index in [1.807, 2.05) is 0 Å². The van der Waals surface area contributed by atoms with Gasteiger partial charge < -0.3 is 10.0 Å². The van der Waals surface area contributed by atoms with E-state index in [1.54, 1.807) is 6.92 Å². The molecule has 1 unspecified atom stereocenters. The van der Waals surface area contributed by atoms with E-state index in [9.17, 15) is 23.1 Å². The van der Waals surface area contributed by atoms with Gasteiger partial charge in [0.05, 0.1) is 5.60 Å². The lowest BCUT2D eigenvalue weighted by molar-refractivity contribution is 0.0437. The van der Waals surface area contributed by atoms with Gasteiger partial charge in [-0.25, -0.2) is 13.2 Å². The van der Waals surface area contributed by atoms with Crippen molar-refractivity contribution in [3.05, 3.63) is 35.1 Å². The summed E-state index contributed by atoms with van der Waals surface area (Å²) in [5.74, 6) is -4.90. The molecule has 2 rings (SSSR count). The molecule has 1 heterocycles. The maximum absolute atomic E-state index is 13.1. The Bertz CT molecular complexity index is 508. The summed E-state index contributed by atoms with van der Waals surface area (Å²) in [6.45, 7) is 2.39. The summed E-state index contributed by atoms with van der Waals surface area (Å²) in [7, 11) is 0. The van der Waals surface area contributed by atoms with E-state index in [-0.39, 0.29) is 5.56 Å². The number of halogens is 3. The van der Waals surface area contributed by atoms with E-state index < -0.39 is 29.0 Å². The Morgan fingerprint density at radius 3 is 2.40 bits per heavy atom. The Hall–Kier alpha value is -1.56.